The molecule has 0 aromatic carbocycles. The van der Waals surface area contributed by atoms with Crippen molar-refractivity contribution in [2.24, 2.45) is 5.73 Å². The molecule has 4 heteroatoms. The highest BCUT2D eigenvalue weighted by molar-refractivity contribution is 5.04. The predicted molar refractivity (Wildman–Crippen MR) is 56.0 cm³/mol. The van der Waals surface area contributed by atoms with E-state index in [4.69, 9.17) is 10.2 Å². The van der Waals surface area contributed by atoms with Crippen molar-refractivity contribution in [2.45, 2.75) is 18.9 Å². The Labute approximate surface area is 88.2 Å². The minimum atomic E-state index is -0.0798. The van der Waals surface area contributed by atoms with Gasteiger partial charge in [-0.25, -0.2) is 0 Å². The zero-order valence-electron chi connectivity index (χ0n) is 8.34. The van der Waals surface area contributed by atoms with E-state index in [2.05, 4.69) is 9.97 Å². The van der Waals surface area contributed by atoms with Crippen LogP contribution in [0.1, 0.15) is 23.9 Å². The molecule has 0 saturated heterocycles. The van der Waals surface area contributed by atoms with Crippen molar-refractivity contribution in [3.63, 3.8) is 0 Å². The lowest BCUT2D eigenvalue weighted by atomic mass is 10.1. The smallest absolute Gasteiger partial charge is 0.103 e. The summed E-state index contributed by atoms with van der Waals surface area (Å²) >= 11 is 0. The Morgan fingerprint density at radius 3 is 3.00 bits per heavy atom. The minimum Gasteiger partial charge on any atom is -0.469 e. The van der Waals surface area contributed by atoms with Gasteiger partial charge in [0.1, 0.15) is 5.76 Å². The summed E-state index contributed by atoms with van der Waals surface area (Å²) in [5.74, 6) is 0.953. The van der Waals surface area contributed by atoms with E-state index in [-0.39, 0.29) is 6.04 Å². The molecular formula is C11H13N3O. The topological polar surface area (TPSA) is 64.9 Å². The van der Waals surface area contributed by atoms with Crippen LogP contribution in [0.15, 0.2) is 41.4 Å². The summed E-state index contributed by atoms with van der Waals surface area (Å²) in [6.07, 6.45) is 8.30. The highest BCUT2D eigenvalue weighted by Gasteiger charge is 2.08. The fourth-order valence-corrected chi connectivity index (χ4v) is 1.40. The Bertz CT molecular complexity index is 385. The molecular weight excluding hydrogens is 190 g/mol. The third-order valence-electron chi connectivity index (χ3n) is 2.24. The van der Waals surface area contributed by atoms with Crippen LogP contribution < -0.4 is 5.73 Å². The predicted octanol–water partition coefficient (Wildman–Crippen LogP) is 1.70. The minimum absolute atomic E-state index is 0.0798. The van der Waals surface area contributed by atoms with Gasteiger partial charge in [-0.05, 0) is 18.6 Å². The fraction of sp³-hybridized carbons (Fsp3) is 0.273. The van der Waals surface area contributed by atoms with E-state index in [9.17, 15) is 0 Å². The molecule has 0 aliphatic carbocycles. The molecule has 0 aliphatic heterocycles. The summed E-state index contributed by atoms with van der Waals surface area (Å²) in [7, 11) is 0. The molecule has 0 spiro atoms. The van der Waals surface area contributed by atoms with E-state index in [0.717, 1.165) is 24.3 Å². The molecule has 0 radical (unpaired) electrons. The maximum atomic E-state index is 5.97. The normalized spacial score (nSPS) is 12.6. The van der Waals surface area contributed by atoms with Crippen LogP contribution in [0.4, 0.5) is 0 Å². The summed E-state index contributed by atoms with van der Waals surface area (Å²) in [4.78, 5) is 8.15. The van der Waals surface area contributed by atoms with Crippen LogP contribution in [-0.4, -0.2) is 9.97 Å². The number of nitrogens with zero attached hydrogens (tertiary/aromatic N) is 2. The van der Waals surface area contributed by atoms with E-state index in [1.165, 1.54) is 0 Å². The van der Waals surface area contributed by atoms with Crippen LogP contribution in [0.2, 0.25) is 0 Å². The Morgan fingerprint density at radius 1 is 1.40 bits per heavy atom. The van der Waals surface area contributed by atoms with Gasteiger partial charge >= 0.3 is 0 Å². The lowest BCUT2D eigenvalue weighted by molar-refractivity contribution is 0.486. The van der Waals surface area contributed by atoms with Crippen molar-refractivity contribution in [2.75, 3.05) is 0 Å². The second-order valence-electron chi connectivity index (χ2n) is 3.35. The van der Waals surface area contributed by atoms with Crippen molar-refractivity contribution < 1.29 is 4.42 Å². The molecule has 2 heterocycles. The van der Waals surface area contributed by atoms with Gasteiger partial charge in [0.15, 0.2) is 0 Å². The lowest BCUT2D eigenvalue weighted by Gasteiger charge is -2.08. The second kappa shape index (κ2) is 4.70. The first-order valence-corrected chi connectivity index (χ1v) is 4.90. The number of hydrogen-bond donors (Lipinski definition) is 1. The Morgan fingerprint density at radius 2 is 2.33 bits per heavy atom. The number of aromatic nitrogens is 2. The van der Waals surface area contributed by atoms with Crippen molar-refractivity contribution in [1.29, 1.82) is 0 Å². The van der Waals surface area contributed by atoms with Crippen LogP contribution in [0, 0.1) is 0 Å². The first-order chi connectivity index (χ1) is 7.36. The largest absolute Gasteiger partial charge is 0.469 e. The standard InChI is InChI=1S/C11H13N3O/c12-10(11-8-13-5-6-14-11)4-3-9-2-1-7-15-9/h1-2,5-8,10H,3-4,12H2. The quantitative estimate of drug-likeness (QED) is 0.821. The van der Waals surface area contributed by atoms with Gasteiger partial charge in [0.05, 0.1) is 12.0 Å². The average Bonchev–Trinajstić information content (AvgIpc) is 2.80. The molecule has 4 nitrogen and oxygen atoms in total. The van der Waals surface area contributed by atoms with E-state index in [0.29, 0.717) is 0 Å². The number of rotatable bonds is 4. The molecule has 78 valence electrons. The van der Waals surface area contributed by atoms with E-state index in [1.54, 1.807) is 24.9 Å². The fourth-order valence-electron chi connectivity index (χ4n) is 1.40. The van der Waals surface area contributed by atoms with Gasteiger partial charge in [-0.2, -0.15) is 0 Å². The Balaban J connectivity index is 1.90. The highest BCUT2D eigenvalue weighted by Crippen LogP contribution is 2.13. The zero-order valence-corrected chi connectivity index (χ0v) is 8.34. The summed E-state index contributed by atoms with van der Waals surface area (Å²) < 4.78 is 5.23. The average molecular weight is 203 g/mol. The van der Waals surface area contributed by atoms with Crippen LogP contribution >= 0.6 is 0 Å². The van der Waals surface area contributed by atoms with Crippen LogP contribution in [0.5, 0.6) is 0 Å². The van der Waals surface area contributed by atoms with Gasteiger partial charge in [-0.3, -0.25) is 9.97 Å². The molecule has 2 N–H and O–H groups in total. The number of hydrogen-bond acceptors (Lipinski definition) is 4. The molecule has 1 unspecified atom stereocenters. The monoisotopic (exact) mass is 203 g/mol. The van der Waals surface area contributed by atoms with Crippen LogP contribution in [-0.2, 0) is 6.42 Å². The van der Waals surface area contributed by atoms with E-state index >= 15 is 0 Å². The summed E-state index contributed by atoms with van der Waals surface area (Å²) in [6.45, 7) is 0. The molecule has 0 amide bonds. The summed E-state index contributed by atoms with van der Waals surface area (Å²) in [5, 5.41) is 0. The Kier molecular flexibility index (Phi) is 3.09. The number of nitrogens with two attached hydrogens (primary N) is 1. The number of furan rings is 1. The lowest BCUT2D eigenvalue weighted by Crippen LogP contribution is -2.13. The summed E-state index contributed by atoms with van der Waals surface area (Å²) in [5.41, 5.74) is 6.79. The first kappa shape index (κ1) is 9.86. The van der Waals surface area contributed by atoms with Gasteiger partial charge in [-0.15, -0.1) is 0 Å². The van der Waals surface area contributed by atoms with Crippen LogP contribution in [0.3, 0.4) is 0 Å². The molecule has 2 aromatic heterocycles. The number of aryl methyl sites for hydroxylation is 1. The third-order valence-corrected chi connectivity index (χ3v) is 2.24. The van der Waals surface area contributed by atoms with Gasteiger partial charge in [0.2, 0.25) is 0 Å². The first-order valence-electron chi connectivity index (χ1n) is 4.90. The van der Waals surface area contributed by atoms with Crippen molar-refractivity contribution in [1.82, 2.24) is 9.97 Å². The molecule has 2 aromatic rings. The maximum Gasteiger partial charge on any atom is 0.103 e. The van der Waals surface area contributed by atoms with Crippen molar-refractivity contribution in [3.8, 4) is 0 Å². The van der Waals surface area contributed by atoms with Crippen LogP contribution in [0.25, 0.3) is 0 Å². The summed E-state index contributed by atoms with van der Waals surface area (Å²) in [6, 6.07) is 3.75. The molecule has 1 atom stereocenters. The Hall–Kier alpha value is -1.68. The van der Waals surface area contributed by atoms with Gasteiger partial charge in [0, 0.05) is 31.1 Å². The van der Waals surface area contributed by atoms with Gasteiger partial charge < -0.3 is 10.2 Å². The van der Waals surface area contributed by atoms with E-state index < -0.39 is 0 Å². The molecule has 15 heavy (non-hydrogen) atoms. The highest BCUT2D eigenvalue weighted by atomic mass is 16.3. The molecule has 0 aliphatic rings. The molecule has 0 fully saturated rings. The SMILES string of the molecule is NC(CCc1ccco1)c1cnccn1. The molecule has 0 saturated carbocycles. The van der Waals surface area contributed by atoms with Gasteiger partial charge in [0.25, 0.3) is 0 Å². The van der Waals surface area contributed by atoms with Crippen molar-refractivity contribution >= 4 is 0 Å². The van der Waals surface area contributed by atoms with E-state index in [1.807, 2.05) is 12.1 Å². The van der Waals surface area contributed by atoms with Gasteiger partial charge in [-0.1, -0.05) is 0 Å². The second-order valence-corrected chi connectivity index (χ2v) is 3.35. The molecule has 0 bridgehead atoms. The molecule has 2 rings (SSSR count). The van der Waals surface area contributed by atoms with Crippen molar-refractivity contribution in [3.05, 3.63) is 48.4 Å². The maximum absolute atomic E-state index is 5.97. The third kappa shape index (κ3) is 2.63. The zero-order chi connectivity index (χ0) is 10.5.